The minimum atomic E-state index is -0.250. The summed E-state index contributed by atoms with van der Waals surface area (Å²) < 4.78 is 2.00. The number of aliphatic hydroxyl groups excluding tert-OH is 1. The highest BCUT2D eigenvalue weighted by molar-refractivity contribution is 6.06. The minimum absolute atomic E-state index is 0.175. The van der Waals surface area contributed by atoms with E-state index in [2.05, 4.69) is 52.0 Å². The van der Waals surface area contributed by atoms with Gasteiger partial charge in [0.1, 0.15) is 0 Å². The van der Waals surface area contributed by atoms with Crippen LogP contribution in [0.3, 0.4) is 0 Å². The molecule has 0 amide bonds. The molecule has 1 N–H and O–H groups in total. The van der Waals surface area contributed by atoms with E-state index in [0.29, 0.717) is 23.5 Å². The molecule has 0 saturated heterocycles. The van der Waals surface area contributed by atoms with Crippen molar-refractivity contribution in [3.05, 3.63) is 64.5 Å². The van der Waals surface area contributed by atoms with Crippen LogP contribution in [0.4, 0.5) is 0 Å². The topological polar surface area (TPSA) is 55.1 Å². The summed E-state index contributed by atoms with van der Waals surface area (Å²) in [6, 6.07) is 10.2. The van der Waals surface area contributed by atoms with E-state index in [1.165, 1.54) is 5.57 Å². The fourth-order valence-electron chi connectivity index (χ4n) is 8.30. The van der Waals surface area contributed by atoms with Gasteiger partial charge in [0.05, 0.1) is 17.5 Å². The van der Waals surface area contributed by atoms with Gasteiger partial charge in [-0.1, -0.05) is 43.7 Å². The van der Waals surface area contributed by atoms with E-state index in [9.17, 15) is 9.90 Å². The molecule has 1 heterocycles. The number of carbonyl (C=O) groups is 1. The van der Waals surface area contributed by atoms with E-state index >= 15 is 0 Å². The minimum Gasteiger partial charge on any atom is -0.393 e. The summed E-state index contributed by atoms with van der Waals surface area (Å²) in [6.07, 6.45) is 11.3. The van der Waals surface area contributed by atoms with Gasteiger partial charge in [0.2, 0.25) is 0 Å². The van der Waals surface area contributed by atoms with Gasteiger partial charge < -0.3 is 5.11 Å². The van der Waals surface area contributed by atoms with Crippen LogP contribution in [0.15, 0.2) is 47.6 Å². The SMILES string of the molecule is Cc1nn(-c2ccccc2)c(C)c1/C=C1\CC2C3CC=C4CC(O)CCC4(C)C3CCC2(C)C1=O. The Balaban J connectivity index is 1.34. The molecule has 3 fully saturated rings. The Morgan fingerprint density at radius 3 is 2.54 bits per heavy atom. The number of allylic oxidation sites excluding steroid dienone is 2. The van der Waals surface area contributed by atoms with Crippen molar-refractivity contribution in [1.82, 2.24) is 9.78 Å². The molecule has 0 bridgehead atoms. The van der Waals surface area contributed by atoms with E-state index in [1.54, 1.807) is 0 Å². The molecule has 4 heteroatoms. The average molecular weight is 471 g/mol. The molecule has 6 rings (SSSR count). The Labute approximate surface area is 209 Å². The van der Waals surface area contributed by atoms with Gasteiger partial charge in [0, 0.05) is 16.7 Å². The van der Waals surface area contributed by atoms with Crippen LogP contribution < -0.4 is 0 Å². The number of Topliss-reactive ketones (excluding diaryl/α,β-unsaturated/α-hetero) is 1. The summed E-state index contributed by atoms with van der Waals surface area (Å²) in [4.78, 5) is 13.9. The second-order valence-electron chi connectivity index (χ2n) is 12.1. The number of nitrogens with zero attached hydrogens (tertiary/aromatic N) is 2. The first kappa shape index (κ1) is 23.0. The molecule has 184 valence electrons. The Morgan fingerprint density at radius 1 is 1.03 bits per heavy atom. The van der Waals surface area contributed by atoms with Gasteiger partial charge in [-0.3, -0.25) is 4.79 Å². The summed E-state index contributed by atoms with van der Waals surface area (Å²) in [7, 11) is 0. The van der Waals surface area contributed by atoms with Gasteiger partial charge in [0.25, 0.3) is 0 Å². The summed E-state index contributed by atoms with van der Waals surface area (Å²) in [6.45, 7) is 8.85. The summed E-state index contributed by atoms with van der Waals surface area (Å²) in [5, 5.41) is 15.1. The fourth-order valence-corrected chi connectivity index (χ4v) is 8.30. The maximum Gasteiger partial charge on any atom is 0.165 e. The third-order valence-electron chi connectivity index (χ3n) is 10.4. The maximum atomic E-state index is 13.9. The lowest BCUT2D eigenvalue weighted by Gasteiger charge is -2.56. The number of fused-ring (bicyclic) bond motifs is 5. The number of ketones is 1. The van der Waals surface area contributed by atoms with Crippen LogP contribution in [0.5, 0.6) is 0 Å². The lowest BCUT2D eigenvalue weighted by molar-refractivity contribution is -0.130. The number of aryl methyl sites for hydroxylation is 1. The van der Waals surface area contributed by atoms with Crippen LogP contribution in [0.25, 0.3) is 11.8 Å². The number of benzene rings is 1. The normalized spacial score (nSPS) is 37.6. The Bertz CT molecular complexity index is 1240. The number of aromatic nitrogens is 2. The number of aliphatic hydroxyl groups is 1. The van der Waals surface area contributed by atoms with Crippen LogP contribution in [0.2, 0.25) is 0 Å². The molecule has 6 atom stereocenters. The van der Waals surface area contributed by atoms with Crippen LogP contribution in [-0.4, -0.2) is 26.8 Å². The largest absolute Gasteiger partial charge is 0.393 e. The van der Waals surface area contributed by atoms with Gasteiger partial charge in [-0.25, -0.2) is 4.68 Å². The highest BCUT2D eigenvalue weighted by atomic mass is 16.3. The number of para-hydroxylation sites is 1. The van der Waals surface area contributed by atoms with Gasteiger partial charge in [0.15, 0.2) is 5.78 Å². The van der Waals surface area contributed by atoms with E-state index in [1.807, 2.05) is 22.9 Å². The molecule has 4 nitrogen and oxygen atoms in total. The first-order valence-electron chi connectivity index (χ1n) is 13.5. The first-order chi connectivity index (χ1) is 16.7. The molecular formula is C31H38N2O2. The average Bonchev–Trinajstić information content (AvgIpc) is 3.28. The van der Waals surface area contributed by atoms with E-state index in [0.717, 1.165) is 73.2 Å². The van der Waals surface area contributed by atoms with Gasteiger partial charge in [-0.05, 0) is 106 Å². The second kappa shape index (κ2) is 8.03. The molecule has 35 heavy (non-hydrogen) atoms. The van der Waals surface area contributed by atoms with Crippen molar-refractivity contribution < 1.29 is 9.90 Å². The Morgan fingerprint density at radius 2 is 1.77 bits per heavy atom. The molecule has 4 aliphatic carbocycles. The van der Waals surface area contributed by atoms with Crippen molar-refractivity contribution in [2.45, 2.75) is 78.7 Å². The van der Waals surface area contributed by atoms with Crippen molar-refractivity contribution in [2.24, 2.45) is 28.6 Å². The third-order valence-corrected chi connectivity index (χ3v) is 10.4. The molecule has 4 aliphatic rings. The summed E-state index contributed by atoms with van der Waals surface area (Å²) >= 11 is 0. The molecule has 1 aromatic carbocycles. The van der Waals surface area contributed by atoms with E-state index < -0.39 is 0 Å². The van der Waals surface area contributed by atoms with Crippen molar-refractivity contribution >= 4 is 11.9 Å². The highest BCUT2D eigenvalue weighted by Gasteiger charge is 2.59. The predicted octanol–water partition coefficient (Wildman–Crippen LogP) is 6.38. The second-order valence-corrected chi connectivity index (χ2v) is 12.1. The van der Waals surface area contributed by atoms with Crippen LogP contribution in [0, 0.1) is 42.4 Å². The van der Waals surface area contributed by atoms with Crippen molar-refractivity contribution in [3.63, 3.8) is 0 Å². The predicted molar refractivity (Wildman–Crippen MR) is 139 cm³/mol. The summed E-state index contributed by atoms with van der Waals surface area (Å²) in [5.74, 6) is 1.96. The number of hydrogen-bond donors (Lipinski definition) is 1. The standard InChI is InChI=1S/C31H38N2O2/c1-19-26(20(2)33(32-19)23-8-6-5-7-9-23)16-21-17-28-25-11-10-22-18-24(34)12-14-30(22,3)27(25)13-15-31(28,4)29(21)35/h5-10,16,24-25,27-28,34H,11-15,17-18H2,1-4H3/b21-16+. The Hall–Kier alpha value is -2.46. The van der Waals surface area contributed by atoms with E-state index in [-0.39, 0.29) is 16.9 Å². The zero-order chi connectivity index (χ0) is 24.5. The third kappa shape index (κ3) is 3.36. The quantitative estimate of drug-likeness (QED) is 0.409. The highest BCUT2D eigenvalue weighted by Crippen LogP contribution is 2.64. The van der Waals surface area contributed by atoms with Crippen molar-refractivity contribution in [2.75, 3.05) is 0 Å². The van der Waals surface area contributed by atoms with Crippen molar-refractivity contribution in [1.29, 1.82) is 0 Å². The Kier molecular flexibility index (Phi) is 5.27. The van der Waals surface area contributed by atoms with Gasteiger partial charge in [-0.2, -0.15) is 5.10 Å². The molecule has 0 aliphatic heterocycles. The van der Waals surface area contributed by atoms with Crippen molar-refractivity contribution in [3.8, 4) is 5.69 Å². The molecule has 0 radical (unpaired) electrons. The molecular weight excluding hydrogens is 432 g/mol. The fraction of sp³-hybridized carbons (Fsp3) is 0.548. The van der Waals surface area contributed by atoms with Crippen LogP contribution in [0.1, 0.15) is 75.7 Å². The zero-order valence-electron chi connectivity index (χ0n) is 21.6. The van der Waals surface area contributed by atoms with Crippen LogP contribution in [-0.2, 0) is 4.79 Å². The number of rotatable bonds is 2. The van der Waals surface area contributed by atoms with Crippen LogP contribution >= 0.6 is 0 Å². The lowest BCUT2D eigenvalue weighted by atomic mass is 9.48. The molecule has 2 aromatic rings. The first-order valence-corrected chi connectivity index (χ1v) is 13.5. The lowest BCUT2D eigenvalue weighted by Crippen LogP contribution is -2.50. The molecule has 3 saturated carbocycles. The smallest absolute Gasteiger partial charge is 0.165 e. The van der Waals surface area contributed by atoms with Gasteiger partial charge in [-0.15, -0.1) is 0 Å². The van der Waals surface area contributed by atoms with E-state index in [4.69, 9.17) is 5.10 Å². The number of carbonyl (C=O) groups excluding carboxylic acids is 1. The van der Waals surface area contributed by atoms with Gasteiger partial charge >= 0.3 is 0 Å². The molecule has 6 unspecified atom stereocenters. The maximum absolute atomic E-state index is 13.9. The zero-order valence-corrected chi connectivity index (χ0v) is 21.6. The summed E-state index contributed by atoms with van der Waals surface area (Å²) in [5.41, 5.74) is 6.64. The molecule has 1 aromatic heterocycles. The molecule has 0 spiro atoms. The monoisotopic (exact) mass is 470 g/mol. The number of hydrogen-bond acceptors (Lipinski definition) is 3.